The summed E-state index contributed by atoms with van der Waals surface area (Å²) in [4.78, 5) is 22.1. The van der Waals surface area contributed by atoms with Crippen molar-refractivity contribution in [1.29, 1.82) is 0 Å². The summed E-state index contributed by atoms with van der Waals surface area (Å²) in [5, 5.41) is 9.81. The van der Waals surface area contributed by atoms with Gasteiger partial charge in [0, 0.05) is 31.9 Å². The van der Waals surface area contributed by atoms with Gasteiger partial charge in [0.15, 0.2) is 0 Å². The molecule has 29 heavy (non-hydrogen) atoms. The van der Waals surface area contributed by atoms with Crippen LogP contribution in [0.2, 0.25) is 0 Å². The standard InChI is InChI=1S/C23H29N3O3/c1-17-6-5-9-20(24-17)23(28)26-14-15-29-21(16-25-12-10-19(27)11-13-25)22(26)18-7-3-2-4-8-18/h2-9,19,21-22,27H,10-16H2,1H3/t21-,22-/m0/s1. The Morgan fingerprint density at radius 3 is 2.59 bits per heavy atom. The number of aliphatic hydroxyl groups is 1. The quantitative estimate of drug-likeness (QED) is 0.861. The number of carbonyl (C=O) groups is 1. The van der Waals surface area contributed by atoms with E-state index in [0.29, 0.717) is 18.8 Å². The minimum Gasteiger partial charge on any atom is -0.393 e. The van der Waals surface area contributed by atoms with Crippen molar-refractivity contribution in [2.75, 3.05) is 32.8 Å². The Labute approximate surface area is 172 Å². The van der Waals surface area contributed by atoms with Gasteiger partial charge >= 0.3 is 0 Å². The fraction of sp³-hybridized carbons (Fsp3) is 0.478. The van der Waals surface area contributed by atoms with Crippen molar-refractivity contribution < 1.29 is 14.6 Å². The number of ether oxygens (including phenoxy) is 1. The van der Waals surface area contributed by atoms with Gasteiger partial charge < -0.3 is 19.6 Å². The molecule has 2 aliphatic rings. The number of aryl methyl sites for hydroxylation is 1. The molecule has 154 valence electrons. The highest BCUT2D eigenvalue weighted by Gasteiger charge is 2.38. The smallest absolute Gasteiger partial charge is 0.273 e. The number of piperidine rings is 1. The fourth-order valence-corrected chi connectivity index (χ4v) is 4.32. The third-order valence-corrected chi connectivity index (χ3v) is 5.86. The predicted molar refractivity (Wildman–Crippen MR) is 111 cm³/mol. The zero-order valence-corrected chi connectivity index (χ0v) is 16.9. The van der Waals surface area contributed by atoms with Crippen LogP contribution in [0.3, 0.4) is 0 Å². The zero-order chi connectivity index (χ0) is 20.2. The Hall–Kier alpha value is -2.28. The third-order valence-electron chi connectivity index (χ3n) is 5.86. The van der Waals surface area contributed by atoms with E-state index in [1.54, 1.807) is 6.07 Å². The number of benzene rings is 1. The van der Waals surface area contributed by atoms with Crippen LogP contribution in [0.25, 0.3) is 0 Å². The topological polar surface area (TPSA) is 65.9 Å². The summed E-state index contributed by atoms with van der Waals surface area (Å²) in [6.07, 6.45) is 1.26. The molecule has 4 rings (SSSR count). The molecule has 1 aromatic carbocycles. The van der Waals surface area contributed by atoms with Crippen molar-refractivity contribution in [2.24, 2.45) is 0 Å². The third kappa shape index (κ3) is 4.66. The molecule has 0 aliphatic carbocycles. The lowest BCUT2D eigenvalue weighted by Crippen LogP contribution is -2.53. The maximum absolute atomic E-state index is 13.4. The van der Waals surface area contributed by atoms with Gasteiger partial charge in [0.05, 0.1) is 24.9 Å². The van der Waals surface area contributed by atoms with Crippen LogP contribution < -0.4 is 0 Å². The lowest BCUT2D eigenvalue weighted by molar-refractivity contribution is -0.0771. The van der Waals surface area contributed by atoms with Gasteiger partial charge in [-0.25, -0.2) is 4.98 Å². The molecule has 1 amide bonds. The Kier molecular flexibility index (Phi) is 6.23. The number of hydrogen-bond donors (Lipinski definition) is 1. The number of likely N-dealkylation sites (tertiary alicyclic amines) is 1. The molecule has 0 saturated carbocycles. The maximum atomic E-state index is 13.4. The molecule has 0 radical (unpaired) electrons. The van der Waals surface area contributed by atoms with Crippen LogP contribution in [-0.4, -0.2) is 70.8 Å². The average molecular weight is 396 g/mol. The summed E-state index contributed by atoms with van der Waals surface area (Å²) in [6.45, 7) is 5.42. The van der Waals surface area contributed by atoms with E-state index in [0.717, 1.165) is 43.7 Å². The van der Waals surface area contributed by atoms with Crippen molar-refractivity contribution in [3.05, 3.63) is 65.5 Å². The van der Waals surface area contributed by atoms with Crippen LogP contribution in [-0.2, 0) is 4.74 Å². The van der Waals surface area contributed by atoms with E-state index in [-0.39, 0.29) is 24.2 Å². The van der Waals surface area contributed by atoms with Gasteiger partial charge in [0.1, 0.15) is 5.69 Å². The Balaban J connectivity index is 1.60. The van der Waals surface area contributed by atoms with E-state index >= 15 is 0 Å². The molecule has 2 saturated heterocycles. The number of aliphatic hydroxyl groups excluding tert-OH is 1. The Morgan fingerprint density at radius 1 is 1.10 bits per heavy atom. The van der Waals surface area contributed by atoms with E-state index in [1.807, 2.05) is 42.2 Å². The lowest BCUT2D eigenvalue weighted by Gasteiger charge is -2.43. The normalized spacial score (nSPS) is 23.9. The van der Waals surface area contributed by atoms with E-state index in [1.165, 1.54) is 0 Å². The molecule has 6 heteroatoms. The Bertz CT molecular complexity index is 821. The number of rotatable bonds is 4. The summed E-state index contributed by atoms with van der Waals surface area (Å²) >= 11 is 0. The second kappa shape index (κ2) is 9.03. The van der Waals surface area contributed by atoms with Gasteiger partial charge in [0.2, 0.25) is 0 Å². The number of hydrogen-bond acceptors (Lipinski definition) is 5. The molecule has 2 fully saturated rings. The molecule has 2 aliphatic heterocycles. The summed E-state index contributed by atoms with van der Waals surface area (Å²) in [5.41, 5.74) is 2.40. The molecule has 2 aromatic rings. The van der Waals surface area contributed by atoms with E-state index in [2.05, 4.69) is 22.0 Å². The minimum atomic E-state index is -0.200. The number of nitrogens with zero attached hydrogens (tertiary/aromatic N) is 3. The first-order valence-electron chi connectivity index (χ1n) is 10.4. The maximum Gasteiger partial charge on any atom is 0.273 e. The van der Waals surface area contributed by atoms with E-state index < -0.39 is 0 Å². The molecule has 0 bridgehead atoms. The molecule has 1 N–H and O–H groups in total. The summed E-state index contributed by atoms with van der Waals surface area (Å²) in [5.74, 6) is -0.0510. The van der Waals surface area contributed by atoms with Crippen LogP contribution in [0.1, 0.15) is 40.6 Å². The highest BCUT2D eigenvalue weighted by molar-refractivity contribution is 5.92. The van der Waals surface area contributed by atoms with E-state index in [4.69, 9.17) is 4.74 Å². The molecule has 0 spiro atoms. The molecule has 0 unspecified atom stereocenters. The van der Waals surface area contributed by atoms with Gasteiger partial charge in [-0.05, 0) is 37.5 Å². The average Bonchev–Trinajstić information content (AvgIpc) is 2.75. The van der Waals surface area contributed by atoms with Crippen molar-refractivity contribution >= 4 is 5.91 Å². The number of aromatic nitrogens is 1. The second-order valence-corrected chi connectivity index (χ2v) is 7.96. The van der Waals surface area contributed by atoms with Crippen molar-refractivity contribution in [2.45, 2.75) is 38.0 Å². The van der Waals surface area contributed by atoms with Crippen LogP contribution in [0.5, 0.6) is 0 Å². The molecular weight excluding hydrogens is 366 g/mol. The van der Waals surface area contributed by atoms with Crippen LogP contribution >= 0.6 is 0 Å². The van der Waals surface area contributed by atoms with Crippen LogP contribution in [0.15, 0.2) is 48.5 Å². The first kappa shape index (κ1) is 20.0. The van der Waals surface area contributed by atoms with Crippen LogP contribution in [0, 0.1) is 6.92 Å². The summed E-state index contributed by atoms with van der Waals surface area (Å²) < 4.78 is 6.20. The fourth-order valence-electron chi connectivity index (χ4n) is 4.32. The van der Waals surface area contributed by atoms with Crippen molar-refractivity contribution in [3.63, 3.8) is 0 Å². The van der Waals surface area contributed by atoms with Gasteiger partial charge in [-0.3, -0.25) is 4.79 Å². The number of amides is 1. The largest absolute Gasteiger partial charge is 0.393 e. The first-order chi connectivity index (χ1) is 14.1. The van der Waals surface area contributed by atoms with Crippen molar-refractivity contribution in [3.8, 4) is 0 Å². The molecule has 6 nitrogen and oxygen atoms in total. The molecule has 2 atom stereocenters. The van der Waals surface area contributed by atoms with Gasteiger partial charge in [-0.2, -0.15) is 0 Å². The highest BCUT2D eigenvalue weighted by atomic mass is 16.5. The molecular formula is C23H29N3O3. The highest BCUT2D eigenvalue weighted by Crippen LogP contribution is 2.32. The molecule has 3 heterocycles. The number of morpholine rings is 1. The van der Waals surface area contributed by atoms with Gasteiger partial charge in [-0.1, -0.05) is 36.4 Å². The summed E-state index contributed by atoms with van der Waals surface area (Å²) in [7, 11) is 0. The molecule has 1 aromatic heterocycles. The van der Waals surface area contributed by atoms with Crippen molar-refractivity contribution in [1.82, 2.24) is 14.8 Å². The monoisotopic (exact) mass is 395 g/mol. The summed E-state index contributed by atoms with van der Waals surface area (Å²) in [6, 6.07) is 15.5. The minimum absolute atomic E-state index is 0.0510. The van der Waals surface area contributed by atoms with E-state index in [9.17, 15) is 9.90 Å². The first-order valence-corrected chi connectivity index (χ1v) is 10.4. The predicted octanol–water partition coefficient (Wildman–Crippen LogP) is 2.43. The number of carbonyl (C=O) groups excluding carboxylic acids is 1. The SMILES string of the molecule is Cc1cccc(C(=O)N2CCO[C@@H](CN3CCC(O)CC3)[C@@H]2c2ccccc2)n1. The van der Waals surface area contributed by atoms with Gasteiger partial charge in [-0.15, -0.1) is 0 Å². The Morgan fingerprint density at radius 2 is 1.86 bits per heavy atom. The second-order valence-electron chi connectivity index (χ2n) is 7.96. The van der Waals surface area contributed by atoms with Crippen LogP contribution in [0.4, 0.5) is 0 Å². The lowest BCUT2D eigenvalue weighted by atomic mass is 9.96. The number of pyridine rings is 1. The van der Waals surface area contributed by atoms with Gasteiger partial charge in [0.25, 0.3) is 5.91 Å². The zero-order valence-electron chi connectivity index (χ0n) is 16.9.